The second-order valence-electron chi connectivity index (χ2n) is 4.51. The Morgan fingerprint density at radius 1 is 1.38 bits per heavy atom. The van der Waals surface area contributed by atoms with E-state index in [1.807, 2.05) is 13.1 Å². The summed E-state index contributed by atoms with van der Waals surface area (Å²) in [6.07, 6.45) is 4.06. The van der Waals surface area contributed by atoms with Crippen LogP contribution in [0.15, 0.2) is 24.4 Å². The molecule has 0 amide bonds. The van der Waals surface area contributed by atoms with Crippen LogP contribution in [0.3, 0.4) is 0 Å². The normalized spacial score (nSPS) is 17.3. The van der Waals surface area contributed by atoms with Crippen LogP contribution in [0.4, 0.5) is 5.69 Å². The fourth-order valence-corrected chi connectivity index (χ4v) is 2.19. The van der Waals surface area contributed by atoms with Crippen molar-refractivity contribution < 1.29 is 0 Å². The summed E-state index contributed by atoms with van der Waals surface area (Å²) in [5.41, 5.74) is 10.3. The van der Waals surface area contributed by atoms with Crippen molar-refractivity contribution in [2.24, 2.45) is 0 Å². The molecule has 4 nitrogen and oxygen atoms in total. The van der Waals surface area contributed by atoms with Crippen molar-refractivity contribution in [2.45, 2.75) is 25.2 Å². The molecule has 1 fully saturated rings. The number of aromatic amines is 1. The highest BCUT2D eigenvalue weighted by Crippen LogP contribution is 2.52. The Balaban J connectivity index is 2.07. The Kier molecular flexibility index (Phi) is 1.80. The van der Waals surface area contributed by atoms with Gasteiger partial charge in [-0.2, -0.15) is 15.4 Å². The minimum absolute atomic E-state index is 0.0643. The van der Waals surface area contributed by atoms with Gasteiger partial charge in [0.05, 0.1) is 11.9 Å². The molecule has 0 unspecified atom stereocenters. The monoisotopic (exact) mass is 214 g/mol. The lowest BCUT2D eigenvalue weighted by molar-refractivity contribution is 0.787. The number of hydrogen-bond acceptors (Lipinski definition) is 3. The highest BCUT2D eigenvalue weighted by molar-refractivity contribution is 5.53. The van der Waals surface area contributed by atoms with Crippen molar-refractivity contribution >= 4 is 5.69 Å². The van der Waals surface area contributed by atoms with Crippen molar-refractivity contribution in [1.29, 1.82) is 0 Å². The summed E-state index contributed by atoms with van der Waals surface area (Å²) in [5, 5.41) is 10.8. The number of rotatable bonds is 2. The molecule has 0 radical (unpaired) electrons. The zero-order valence-corrected chi connectivity index (χ0v) is 9.20. The quantitative estimate of drug-likeness (QED) is 0.749. The number of nitrogen functional groups attached to an aromatic ring is 1. The average molecular weight is 214 g/mol. The van der Waals surface area contributed by atoms with E-state index >= 15 is 0 Å². The van der Waals surface area contributed by atoms with Gasteiger partial charge in [-0.3, -0.25) is 0 Å². The third kappa shape index (κ3) is 1.23. The maximum atomic E-state index is 5.95. The van der Waals surface area contributed by atoms with Crippen LogP contribution in [-0.4, -0.2) is 15.4 Å². The zero-order valence-electron chi connectivity index (χ0n) is 9.20. The third-order valence-corrected chi connectivity index (χ3v) is 3.49. The average Bonchev–Trinajstić information content (AvgIpc) is 2.90. The summed E-state index contributed by atoms with van der Waals surface area (Å²) in [6.45, 7) is 2.02. The number of aryl methyl sites for hydroxylation is 1. The number of aromatic nitrogens is 3. The van der Waals surface area contributed by atoms with E-state index in [2.05, 4.69) is 33.6 Å². The molecule has 2 aromatic rings. The van der Waals surface area contributed by atoms with Gasteiger partial charge in [-0.15, -0.1) is 0 Å². The zero-order chi connectivity index (χ0) is 11.2. The fourth-order valence-electron chi connectivity index (χ4n) is 2.19. The Morgan fingerprint density at radius 3 is 2.75 bits per heavy atom. The van der Waals surface area contributed by atoms with E-state index in [4.69, 9.17) is 5.73 Å². The minimum Gasteiger partial charge on any atom is -0.399 e. The number of nitrogens with two attached hydrogens (primary N) is 1. The first kappa shape index (κ1) is 9.39. The number of anilines is 1. The van der Waals surface area contributed by atoms with Crippen molar-refractivity contribution in [1.82, 2.24) is 15.4 Å². The first-order valence-electron chi connectivity index (χ1n) is 5.45. The molecule has 16 heavy (non-hydrogen) atoms. The van der Waals surface area contributed by atoms with E-state index in [1.165, 1.54) is 5.56 Å². The Morgan fingerprint density at radius 2 is 2.19 bits per heavy atom. The Bertz CT molecular complexity index is 512. The van der Waals surface area contributed by atoms with Crippen LogP contribution in [0, 0.1) is 6.92 Å². The minimum atomic E-state index is 0.0643. The molecule has 0 saturated heterocycles. The second-order valence-corrected chi connectivity index (χ2v) is 4.51. The molecule has 1 aliphatic rings. The van der Waals surface area contributed by atoms with E-state index in [0.29, 0.717) is 0 Å². The highest BCUT2D eigenvalue weighted by atomic mass is 15.3. The van der Waals surface area contributed by atoms with Gasteiger partial charge in [0.25, 0.3) is 0 Å². The molecule has 1 heterocycles. The molecule has 1 aromatic carbocycles. The Labute approximate surface area is 93.9 Å². The molecule has 0 bridgehead atoms. The van der Waals surface area contributed by atoms with Crippen LogP contribution in [0.2, 0.25) is 0 Å². The molecule has 0 atom stereocenters. The van der Waals surface area contributed by atoms with Crippen LogP contribution in [0.5, 0.6) is 0 Å². The molecule has 3 rings (SSSR count). The molecule has 0 spiro atoms. The van der Waals surface area contributed by atoms with Gasteiger partial charge < -0.3 is 5.73 Å². The maximum absolute atomic E-state index is 5.95. The molecule has 0 aliphatic heterocycles. The molecular weight excluding hydrogens is 200 g/mol. The smallest absolute Gasteiger partial charge is 0.0930 e. The first-order chi connectivity index (χ1) is 7.72. The van der Waals surface area contributed by atoms with E-state index in [1.54, 1.807) is 0 Å². The molecule has 4 heteroatoms. The van der Waals surface area contributed by atoms with Gasteiger partial charge in [0.1, 0.15) is 0 Å². The number of hydrogen-bond donors (Lipinski definition) is 2. The summed E-state index contributed by atoms with van der Waals surface area (Å²) in [7, 11) is 0. The lowest BCUT2D eigenvalue weighted by Gasteiger charge is -2.13. The Hall–Kier alpha value is -1.84. The second kappa shape index (κ2) is 3.07. The number of nitrogens with zero attached hydrogens (tertiary/aromatic N) is 2. The van der Waals surface area contributed by atoms with Gasteiger partial charge >= 0.3 is 0 Å². The summed E-state index contributed by atoms with van der Waals surface area (Å²) in [4.78, 5) is 0. The van der Waals surface area contributed by atoms with Crippen molar-refractivity contribution in [3.8, 4) is 0 Å². The maximum Gasteiger partial charge on any atom is 0.0930 e. The van der Waals surface area contributed by atoms with E-state index in [-0.39, 0.29) is 5.41 Å². The highest BCUT2D eigenvalue weighted by Gasteiger charge is 2.48. The van der Waals surface area contributed by atoms with Gasteiger partial charge in [0.2, 0.25) is 0 Å². The number of nitrogens with one attached hydrogen (secondary N) is 1. The van der Waals surface area contributed by atoms with Gasteiger partial charge in [-0.05, 0) is 37.0 Å². The largest absolute Gasteiger partial charge is 0.399 e. The summed E-state index contributed by atoms with van der Waals surface area (Å²) < 4.78 is 0. The topological polar surface area (TPSA) is 67.6 Å². The van der Waals surface area contributed by atoms with Crippen LogP contribution in [0.25, 0.3) is 0 Å². The molecule has 82 valence electrons. The van der Waals surface area contributed by atoms with Gasteiger partial charge in [0.15, 0.2) is 0 Å². The SMILES string of the molecule is Cc1ccc(C2(c3cn[nH]n3)CC2)cc1N. The van der Waals surface area contributed by atoms with Crippen molar-refractivity contribution in [3.63, 3.8) is 0 Å². The third-order valence-electron chi connectivity index (χ3n) is 3.49. The molecular formula is C12H14N4. The van der Waals surface area contributed by atoms with Crippen LogP contribution < -0.4 is 5.73 Å². The van der Waals surface area contributed by atoms with E-state index in [0.717, 1.165) is 29.8 Å². The van der Waals surface area contributed by atoms with Gasteiger partial charge in [-0.1, -0.05) is 12.1 Å². The van der Waals surface area contributed by atoms with Crippen molar-refractivity contribution in [3.05, 3.63) is 41.2 Å². The van der Waals surface area contributed by atoms with Gasteiger partial charge in [-0.25, -0.2) is 0 Å². The predicted molar refractivity (Wildman–Crippen MR) is 62.0 cm³/mol. The van der Waals surface area contributed by atoms with Crippen LogP contribution >= 0.6 is 0 Å². The summed E-state index contributed by atoms with van der Waals surface area (Å²) in [6, 6.07) is 6.29. The van der Waals surface area contributed by atoms with Crippen molar-refractivity contribution in [2.75, 3.05) is 5.73 Å². The molecule has 3 N–H and O–H groups in total. The van der Waals surface area contributed by atoms with Crippen LogP contribution in [0.1, 0.15) is 29.7 Å². The molecule has 1 saturated carbocycles. The standard InChI is InChI=1S/C12H14N4/c1-8-2-3-9(6-10(8)13)12(4-5-12)11-7-14-16-15-11/h2-3,6-7H,4-5,13H2,1H3,(H,14,15,16). The van der Waals surface area contributed by atoms with E-state index in [9.17, 15) is 0 Å². The van der Waals surface area contributed by atoms with Crippen LogP contribution in [-0.2, 0) is 5.41 Å². The lowest BCUT2D eigenvalue weighted by Crippen LogP contribution is -2.10. The number of H-pyrrole nitrogens is 1. The summed E-state index contributed by atoms with van der Waals surface area (Å²) >= 11 is 0. The predicted octanol–water partition coefficient (Wildman–Crippen LogP) is 1.78. The lowest BCUT2D eigenvalue weighted by atomic mass is 9.91. The molecule has 1 aliphatic carbocycles. The fraction of sp³-hybridized carbons (Fsp3) is 0.333. The van der Waals surface area contributed by atoms with Gasteiger partial charge in [0, 0.05) is 11.1 Å². The number of benzene rings is 1. The summed E-state index contributed by atoms with van der Waals surface area (Å²) in [5.74, 6) is 0. The molecule has 1 aromatic heterocycles. The van der Waals surface area contributed by atoms with E-state index < -0.39 is 0 Å². The first-order valence-corrected chi connectivity index (χ1v) is 5.45.